The molecule has 1 saturated heterocycles. The van der Waals surface area contributed by atoms with Crippen molar-refractivity contribution in [1.82, 2.24) is 10.2 Å². The topological polar surface area (TPSA) is 81.7 Å². The summed E-state index contributed by atoms with van der Waals surface area (Å²) in [6.45, 7) is 2.77. The van der Waals surface area contributed by atoms with Gasteiger partial charge in [0.25, 0.3) is 0 Å². The first kappa shape index (κ1) is 16.4. The molecule has 126 valence electrons. The first-order valence-corrected chi connectivity index (χ1v) is 8.10. The molecule has 0 spiro atoms. The van der Waals surface area contributed by atoms with Gasteiger partial charge in [0.1, 0.15) is 6.04 Å². The van der Waals surface area contributed by atoms with Crippen molar-refractivity contribution in [3.05, 3.63) is 42.5 Å². The Labute approximate surface area is 140 Å². The van der Waals surface area contributed by atoms with Crippen LogP contribution in [-0.4, -0.2) is 54.1 Å². The molecule has 0 aliphatic carbocycles. The summed E-state index contributed by atoms with van der Waals surface area (Å²) in [5.41, 5.74) is 0.683. The number of anilines is 1. The number of aliphatic carboxylic acids is 1. The zero-order chi connectivity index (χ0) is 16.9. The first-order valence-electron chi connectivity index (χ1n) is 8.10. The van der Waals surface area contributed by atoms with E-state index in [1.54, 1.807) is 0 Å². The molecule has 24 heavy (non-hydrogen) atoms. The normalized spacial score (nSPS) is 16.7. The van der Waals surface area contributed by atoms with Gasteiger partial charge in [-0.15, -0.1) is 0 Å². The van der Waals surface area contributed by atoms with E-state index in [4.69, 9.17) is 0 Å². The summed E-state index contributed by atoms with van der Waals surface area (Å²) in [5.74, 6) is -1.23. The molecule has 1 amide bonds. The number of piperazine rings is 1. The second kappa shape index (κ2) is 7.42. The molecule has 0 saturated carbocycles. The Morgan fingerprint density at radius 2 is 1.83 bits per heavy atom. The van der Waals surface area contributed by atoms with Crippen molar-refractivity contribution in [3.8, 4) is 0 Å². The fourth-order valence-corrected chi connectivity index (χ4v) is 3.02. The fourth-order valence-electron chi connectivity index (χ4n) is 3.02. The number of fused-ring (bicyclic) bond motifs is 1. The van der Waals surface area contributed by atoms with E-state index in [1.807, 2.05) is 47.4 Å². The molecule has 0 bridgehead atoms. The van der Waals surface area contributed by atoms with Crippen LogP contribution in [0.4, 0.5) is 5.69 Å². The maximum absolute atomic E-state index is 12.3. The van der Waals surface area contributed by atoms with Gasteiger partial charge in [-0.05, 0) is 22.9 Å². The van der Waals surface area contributed by atoms with Gasteiger partial charge in [-0.2, -0.15) is 0 Å². The number of benzene rings is 2. The maximum Gasteiger partial charge on any atom is 0.321 e. The number of amides is 1. The molecular weight excluding hydrogens is 306 g/mol. The van der Waals surface area contributed by atoms with Gasteiger partial charge < -0.3 is 15.7 Å². The van der Waals surface area contributed by atoms with Crippen LogP contribution < -0.4 is 10.6 Å². The van der Waals surface area contributed by atoms with Crippen LogP contribution in [0.2, 0.25) is 0 Å². The molecule has 1 aliphatic rings. The van der Waals surface area contributed by atoms with Crippen molar-refractivity contribution < 1.29 is 14.7 Å². The number of hydrogen-bond acceptors (Lipinski definition) is 4. The molecule has 1 fully saturated rings. The monoisotopic (exact) mass is 327 g/mol. The van der Waals surface area contributed by atoms with Crippen LogP contribution in [-0.2, 0) is 9.59 Å². The Morgan fingerprint density at radius 1 is 1.12 bits per heavy atom. The lowest BCUT2D eigenvalue weighted by Gasteiger charge is -2.32. The van der Waals surface area contributed by atoms with Crippen molar-refractivity contribution >= 4 is 28.3 Å². The van der Waals surface area contributed by atoms with Crippen LogP contribution >= 0.6 is 0 Å². The van der Waals surface area contributed by atoms with Gasteiger partial charge >= 0.3 is 5.97 Å². The molecule has 1 heterocycles. The third-order valence-electron chi connectivity index (χ3n) is 4.29. The Hall–Kier alpha value is -2.44. The van der Waals surface area contributed by atoms with Gasteiger partial charge in [0, 0.05) is 31.9 Å². The molecule has 2 aromatic rings. The highest BCUT2D eigenvalue weighted by atomic mass is 16.4. The number of nitrogens with one attached hydrogen (secondary N) is 2. The molecule has 2 aromatic carbocycles. The van der Waals surface area contributed by atoms with Crippen molar-refractivity contribution in [2.75, 3.05) is 31.5 Å². The summed E-state index contributed by atoms with van der Waals surface area (Å²) in [6.07, 6.45) is -0.0534. The van der Waals surface area contributed by atoms with Gasteiger partial charge in [0.15, 0.2) is 0 Å². The van der Waals surface area contributed by atoms with Gasteiger partial charge in [0.2, 0.25) is 5.91 Å². The number of carbonyl (C=O) groups is 2. The molecule has 3 rings (SSSR count). The number of carboxylic acids is 1. The van der Waals surface area contributed by atoms with E-state index in [9.17, 15) is 14.7 Å². The number of carbonyl (C=O) groups excluding carboxylic acids is 1. The van der Waals surface area contributed by atoms with Crippen molar-refractivity contribution in [2.24, 2.45) is 0 Å². The van der Waals surface area contributed by atoms with Crippen LogP contribution in [0, 0.1) is 0 Å². The molecule has 6 nitrogen and oxygen atoms in total. The van der Waals surface area contributed by atoms with E-state index in [1.165, 1.54) is 0 Å². The summed E-state index contributed by atoms with van der Waals surface area (Å²) < 4.78 is 0. The Morgan fingerprint density at radius 3 is 2.54 bits per heavy atom. The van der Waals surface area contributed by atoms with E-state index >= 15 is 0 Å². The Balaban J connectivity index is 1.67. The van der Waals surface area contributed by atoms with E-state index in [0.29, 0.717) is 18.8 Å². The molecule has 1 atom stereocenters. The fraction of sp³-hybridized carbons (Fsp3) is 0.333. The lowest BCUT2D eigenvalue weighted by atomic mass is 10.1. The molecule has 0 unspecified atom stereocenters. The Kier molecular flexibility index (Phi) is 5.08. The van der Waals surface area contributed by atoms with Gasteiger partial charge in [0.05, 0.1) is 6.42 Å². The van der Waals surface area contributed by atoms with E-state index in [2.05, 4.69) is 10.6 Å². The lowest BCUT2D eigenvalue weighted by Crippen LogP contribution is -2.52. The van der Waals surface area contributed by atoms with E-state index < -0.39 is 12.0 Å². The summed E-state index contributed by atoms with van der Waals surface area (Å²) in [5, 5.41) is 17.6. The number of hydrogen-bond donors (Lipinski definition) is 3. The minimum Gasteiger partial charge on any atom is -0.480 e. The van der Waals surface area contributed by atoms with Crippen molar-refractivity contribution in [1.29, 1.82) is 0 Å². The molecule has 1 aliphatic heterocycles. The third-order valence-corrected chi connectivity index (χ3v) is 4.29. The van der Waals surface area contributed by atoms with Crippen LogP contribution in [0.15, 0.2) is 42.5 Å². The second-order valence-electron chi connectivity index (χ2n) is 5.95. The SMILES string of the molecule is O=C(C[C@H](C(=O)O)N1CCNCC1)Nc1ccc2ccccc2c1. The second-order valence-corrected chi connectivity index (χ2v) is 5.95. The standard InChI is InChI=1S/C18H21N3O3/c22-17(12-16(18(23)24)21-9-7-19-8-10-21)20-15-6-5-13-3-1-2-4-14(13)11-15/h1-6,11,16,19H,7-10,12H2,(H,20,22)(H,23,24)/t16-/m1/s1. The van der Waals surface area contributed by atoms with Gasteiger partial charge in [-0.25, -0.2) is 0 Å². The maximum atomic E-state index is 12.3. The minimum absolute atomic E-state index is 0.0534. The predicted molar refractivity (Wildman–Crippen MR) is 93.1 cm³/mol. The Bertz CT molecular complexity index is 741. The van der Waals surface area contributed by atoms with Crippen molar-refractivity contribution in [2.45, 2.75) is 12.5 Å². The van der Waals surface area contributed by atoms with Crippen LogP contribution in [0.5, 0.6) is 0 Å². The summed E-state index contributed by atoms with van der Waals surface area (Å²) >= 11 is 0. The van der Waals surface area contributed by atoms with Gasteiger partial charge in [-0.1, -0.05) is 30.3 Å². The average molecular weight is 327 g/mol. The third kappa shape index (κ3) is 3.90. The molecule has 0 aromatic heterocycles. The molecule has 0 radical (unpaired) electrons. The highest BCUT2D eigenvalue weighted by Crippen LogP contribution is 2.19. The quantitative estimate of drug-likeness (QED) is 0.776. The highest BCUT2D eigenvalue weighted by Gasteiger charge is 2.29. The van der Waals surface area contributed by atoms with Gasteiger partial charge in [-0.3, -0.25) is 14.5 Å². The van der Waals surface area contributed by atoms with Crippen molar-refractivity contribution in [3.63, 3.8) is 0 Å². The summed E-state index contributed by atoms with van der Waals surface area (Å²) in [7, 11) is 0. The first-order chi connectivity index (χ1) is 11.6. The minimum atomic E-state index is -0.953. The van der Waals surface area contributed by atoms with E-state index in [0.717, 1.165) is 23.9 Å². The molecule has 6 heteroatoms. The number of nitrogens with zero attached hydrogens (tertiary/aromatic N) is 1. The van der Waals surface area contributed by atoms with Crippen LogP contribution in [0.3, 0.4) is 0 Å². The van der Waals surface area contributed by atoms with Crippen LogP contribution in [0.1, 0.15) is 6.42 Å². The largest absolute Gasteiger partial charge is 0.480 e. The smallest absolute Gasteiger partial charge is 0.321 e. The predicted octanol–water partition coefficient (Wildman–Crippen LogP) is 1.53. The zero-order valence-corrected chi connectivity index (χ0v) is 13.4. The van der Waals surface area contributed by atoms with E-state index in [-0.39, 0.29) is 12.3 Å². The number of carboxylic acid groups (broad SMARTS) is 1. The molecular formula is C18H21N3O3. The average Bonchev–Trinajstić information content (AvgIpc) is 2.60. The zero-order valence-electron chi connectivity index (χ0n) is 13.4. The summed E-state index contributed by atoms with van der Waals surface area (Å²) in [6, 6.07) is 12.8. The number of rotatable bonds is 5. The molecule has 3 N–H and O–H groups in total. The lowest BCUT2D eigenvalue weighted by molar-refractivity contribution is -0.145. The summed E-state index contributed by atoms with van der Waals surface area (Å²) in [4.78, 5) is 25.7. The van der Waals surface area contributed by atoms with Crippen LogP contribution in [0.25, 0.3) is 10.8 Å². The highest BCUT2D eigenvalue weighted by molar-refractivity contribution is 5.96.